The molecule has 0 unspecified atom stereocenters. The molecule has 0 radical (unpaired) electrons. The highest BCUT2D eigenvalue weighted by atomic mass is 35.5. The van der Waals surface area contributed by atoms with Crippen LogP contribution in [0.2, 0.25) is 5.02 Å². The number of halogens is 4. The smallest absolute Gasteiger partial charge is 0.340 e. The van der Waals surface area contributed by atoms with Gasteiger partial charge in [0.15, 0.2) is 5.82 Å². The number of hydrogen-bond donors (Lipinski definition) is 1. The first kappa shape index (κ1) is 17.3. The number of aromatic nitrogens is 3. The Morgan fingerprint density at radius 2 is 1.91 bits per heavy atom. The van der Waals surface area contributed by atoms with Crippen molar-refractivity contribution in [3.8, 4) is 0 Å². The number of rotatable bonds is 5. The molecule has 0 amide bonds. The van der Waals surface area contributed by atoms with Crippen LogP contribution in [0.15, 0.2) is 24.4 Å². The highest BCUT2D eigenvalue weighted by Crippen LogP contribution is 2.36. The summed E-state index contributed by atoms with van der Waals surface area (Å²) in [7, 11) is 0. The summed E-state index contributed by atoms with van der Waals surface area (Å²) in [6.07, 6.45) is -3.18. The molecule has 2 aromatic rings. The summed E-state index contributed by atoms with van der Waals surface area (Å²) >= 11 is 5.60. The molecule has 0 atom stereocenters. The summed E-state index contributed by atoms with van der Waals surface area (Å²) in [5, 5.41) is 10.2. The fourth-order valence-corrected chi connectivity index (χ4v) is 2.19. The van der Waals surface area contributed by atoms with Crippen LogP contribution in [0.25, 0.3) is 0 Å². The summed E-state index contributed by atoms with van der Waals surface area (Å²) in [5.74, 6) is 0.711. The molecule has 0 bridgehead atoms. The zero-order valence-electron chi connectivity index (χ0n) is 12.5. The average Bonchev–Trinajstić information content (AvgIpc) is 2.50. The molecule has 1 aromatic carbocycles. The van der Waals surface area contributed by atoms with Crippen LogP contribution in [0.1, 0.15) is 19.4 Å². The van der Waals surface area contributed by atoms with Gasteiger partial charge >= 0.3 is 6.18 Å². The van der Waals surface area contributed by atoms with E-state index in [1.807, 2.05) is 18.7 Å². The highest BCUT2D eigenvalue weighted by molar-refractivity contribution is 6.31. The molecule has 1 N–H and O–H groups in total. The third-order valence-corrected chi connectivity index (χ3v) is 3.47. The molecule has 0 aliphatic carbocycles. The SMILES string of the molecule is CCN(CC)c1nncc(Nc2ccc(Cl)c(C(F)(F)F)c2)n1. The van der Waals surface area contributed by atoms with E-state index >= 15 is 0 Å². The molecule has 0 fully saturated rings. The van der Waals surface area contributed by atoms with Crippen molar-refractivity contribution >= 4 is 29.1 Å². The van der Waals surface area contributed by atoms with Crippen molar-refractivity contribution in [1.29, 1.82) is 0 Å². The Bertz CT molecular complexity index is 674. The zero-order valence-corrected chi connectivity index (χ0v) is 13.3. The largest absolute Gasteiger partial charge is 0.417 e. The van der Waals surface area contributed by atoms with Crippen LogP contribution in [0.4, 0.5) is 30.6 Å². The summed E-state index contributed by atoms with van der Waals surface area (Å²) in [6, 6.07) is 3.56. The number of alkyl halides is 3. The Morgan fingerprint density at radius 1 is 1.22 bits per heavy atom. The second-order valence-electron chi connectivity index (χ2n) is 4.63. The van der Waals surface area contributed by atoms with Crippen LogP contribution in [0.3, 0.4) is 0 Å². The van der Waals surface area contributed by atoms with Gasteiger partial charge in [0.1, 0.15) is 0 Å². The molecule has 23 heavy (non-hydrogen) atoms. The van der Waals surface area contributed by atoms with E-state index in [9.17, 15) is 13.2 Å². The van der Waals surface area contributed by atoms with Crippen molar-refractivity contribution in [2.24, 2.45) is 0 Å². The molecule has 9 heteroatoms. The van der Waals surface area contributed by atoms with Gasteiger partial charge in [-0.25, -0.2) is 0 Å². The van der Waals surface area contributed by atoms with Crippen LogP contribution in [-0.4, -0.2) is 28.3 Å². The van der Waals surface area contributed by atoms with Gasteiger partial charge in [-0.2, -0.15) is 23.3 Å². The average molecular weight is 346 g/mol. The van der Waals surface area contributed by atoms with Gasteiger partial charge in [-0.05, 0) is 32.0 Å². The van der Waals surface area contributed by atoms with Crippen molar-refractivity contribution in [2.75, 3.05) is 23.3 Å². The van der Waals surface area contributed by atoms with Crippen molar-refractivity contribution in [3.63, 3.8) is 0 Å². The third kappa shape index (κ3) is 4.22. The molecule has 1 heterocycles. The van der Waals surface area contributed by atoms with Crippen LogP contribution in [-0.2, 0) is 6.18 Å². The van der Waals surface area contributed by atoms with E-state index in [2.05, 4.69) is 20.5 Å². The van der Waals surface area contributed by atoms with E-state index in [-0.39, 0.29) is 10.7 Å². The summed E-state index contributed by atoms with van der Waals surface area (Å²) < 4.78 is 38.6. The first-order chi connectivity index (χ1) is 10.8. The number of nitrogens with zero attached hydrogens (tertiary/aromatic N) is 4. The second-order valence-corrected chi connectivity index (χ2v) is 5.04. The first-order valence-corrected chi connectivity index (χ1v) is 7.31. The maximum atomic E-state index is 12.9. The Hall–Kier alpha value is -2.09. The molecule has 0 spiro atoms. The van der Waals surface area contributed by atoms with Crippen LogP contribution < -0.4 is 10.2 Å². The fourth-order valence-electron chi connectivity index (χ4n) is 1.96. The lowest BCUT2D eigenvalue weighted by Gasteiger charge is -2.18. The lowest BCUT2D eigenvalue weighted by atomic mass is 10.2. The summed E-state index contributed by atoms with van der Waals surface area (Å²) in [6.45, 7) is 5.28. The molecule has 0 saturated carbocycles. The Labute approximate surface area is 136 Å². The highest BCUT2D eigenvalue weighted by Gasteiger charge is 2.33. The first-order valence-electron chi connectivity index (χ1n) is 6.93. The maximum absolute atomic E-state index is 12.9. The van der Waals surface area contributed by atoms with E-state index < -0.39 is 11.7 Å². The van der Waals surface area contributed by atoms with Crippen molar-refractivity contribution in [2.45, 2.75) is 20.0 Å². The number of hydrogen-bond acceptors (Lipinski definition) is 5. The Kier molecular flexibility index (Phi) is 5.25. The quantitative estimate of drug-likeness (QED) is 0.882. The Morgan fingerprint density at radius 3 is 2.52 bits per heavy atom. The summed E-state index contributed by atoms with van der Waals surface area (Å²) in [4.78, 5) is 6.13. The number of benzene rings is 1. The molecule has 0 aliphatic heterocycles. The van der Waals surface area contributed by atoms with Gasteiger partial charge in [-0.15, -0.1) is 5.10 Å². The molecule has 124 valence electrons. The monoisotopic (exact) mass is 345 g/mol. The minimum absolute atomic E-state index is 0.215. The summed E-state index contributed by atoms with van der Waals surface area (Å²) in [5.41, 5.74) is -0.692. The van der Waals surface area contributed by atoms with Crippen molar-refractivity contribution in [1.82, 2.24) is 15.2 Å². The second kappa shape index (κ2) is 6.99. The van der Waals surface area contributed by atoms with Gasteiger partial charge in [0, 0.05) is 18.8 Å². The lowest BCUT2D eigenvalue weighted by Crippen LogP contribution is -2.24. The van der Waals surface area contributed by atoms with Gasteiger partial charge in [0.2, 0.25) is 5.95 Å². The van der Waals surface area contributed by atoms with Gasteiger partial charge in [0.25, 0.3) is 0 Å². The van der Waals surface area contributed by atoms with Crippen molar-refractivity contribution in [3.05, 3.63) is 35.0 Å². The van der Waals surface area contributed by atoms with E-state index in [4.69, 9.17) is 11.6 Å². The van der Waals surface area contributed by atoms with Gasteiger partial charge in [-0.3, -0.25) is 0 Å². The van der Waals surface area contributed by atoms with Crippen LogP contribution >= 0.6 is 11.6 Å². The standard InChI is InChI=1S/C14H15ClF3N5/c1-3-23(4-2)13-21-12(8-19-22-13)20-9-5-6-11(15)10(7-9)14(16,17)18/h5-8H,3-4H2,1-2H3,(H,20,21,22). The molecule has 2 rings (SSSR count). The third-order valence-electron chi connectivity index (χ3n) is 3.14. The topological polar surface area (TPSA) is 53.9 Å². The zero-order chi connectivity index (χ0) is 17.0. The predicted octanol–water partition coefficient (Wildman–Crippen LogP) is 4.13. The van der Waals surface area contributed by atoms with Gasteiger partial charge in [0.05, 0.1) is 16.8 Å². The van der Waals surface area contributed by atoms with E-state index in [0.717, 1.165) is 6.07 Å². The van der Waals surface area contributed by atoms with E-state index in [0.29, 0.717) is 24.9 Å². The van der Waals surface area contributed by atoms with Crippen LogP contribution in [0, 0.1) is 0 Å². The molecule has 1 aromatic heterocycles. The predicted molar refractivity (Wildman–Crippen MR) is 83.1 cm³/mol. The fraction of sp³-hybridized carbons (Fsp3) is 0.357. The van der Waals surface area contributed by atoms with Crippen molar-refractivity contribution < 1.29 is 13.2 Å². The molecule has 0 saturated heterocycles. The van der Waals surface area contributed by atoms with E-state index in [1.165, 1.54) is 18.3 Å². The van der Waals surface area contributed by atoms with Gasteiger partial charge < -0.3 is 10.2 Å². The molecule has 5 nitrogen and oxygen atoms in total. The number of nitrogens with one attached hydrogen (secondary N) is 1. The maximum Gasteiger partial charge on any atom is 0.417 e. The normalized spacial score (nSPS) is 11.4. The molecular formula is C14H15ClF3N5. The minimum Gasteiger partial charge on any atom is -0.340 e. The molecular weight excluding hydrogens is 331 g/mol. The van der Waals surface area contributed by atoms with Gasteiger partial charge in [-0.1, -0.05) is 11.6 Å². The van der Waals surface area contributed by atoms with Crippen LogP contribution in [0.5, 0.6) is 0 Å². The Balaban J connectivity index is 2.28. The lowest BCUT2D eigenvalue weighted by molar-refractivity contribution is -0.137. The number of anilines is 3. The minimum atomic E-state index is -4.52. The van der Waals surface area contributed by atoms with E-state index in [1.54, 1.807) is 0 Å². The molecule has 0 aliphatic rings.